The molecule has 18 unspecified atom stereocenters. The summed E-state index contributed by atoms with van der Waals surface area (Å²) in [4.78, 5) is 66.4. The number of aliphatic hydroxyl groups excluding tert-OH is 9. The first-order valence-corrected chi connectivity index (χ1v) is 48.9. The fourth-order valence-corrected chi connectivity index (χ4v) is 16.7. The molecule has 2 saturated heterocycles. The summed E-state index contributed by atoms with van der Waals surface area (Å²) in [5.41, 5.74) is 0. The van der Waals surface area contributed by atoms with Crippen molar-refractivity contribution >= 4 is 31.7 Å². The molecule has 10 N–H and O–H groups in total. The molecule has 0 amide bonds. The van der Waals surface area contributed by atoms with E-state index >= 15 is 0 Å². The van der Waals surface area contributed by atoms with Crippen molar-refractivity contribution in [3.05, 3.63) is 12.2 Å². The zero-order chi connectivity index (χ0) is 85.4. The van der Waals surface area contributed by atoms with Gasteiger partial charge in [-0.2, -0.15) is 0 Å². The second-order valence-corrected chi connectivity index (χ2v) is 35.3. The summed E-state index contributed by atoms with van der Waals surface area (Å²) in [6.07, 6.45) is 29.2. The number of phosphoric acid groups is 1. The topological polar surface area (TPSA) is 380 Å². The Morgan fingerprint density at radius 2 is 0.641 bits per heavy atom. The predicted molar refractivity (Wildman–Crippen MR) is 453 cm³/mol. The number of hydrogen-bond acceptors (Lipinski definition) is 24. The lowest BCUT2D eigenvalue weighted by atomic mass is 9.84. The maximum atomic E-state index is 14.9. The summed E-state index contributed by atoms with van der Waals surface area (Å²) in [5, 5.41) is 102. The quantitative estimate of drug-likeness (QED) is 0.00889. The van der Waals surface area contributed by atoms with Gasteiger partial charge in [-0.25, -0.2) is 4.57 Å². The molecule has 2 heterocycles. The molecule has 25 nitrogen and oxygen atoms in total. The van der Waals surface area contributed by atoms with Gasteiger partial charge in [-0.05, 0) is 51.4 Å². The maximum Gasteiger partial charge on any atom is 0.472 e. The van der Waals surface area contributed by atoms with Gasteiger partial charge < -0.3 is 88.7 Å². The SMILES string of the molecule is CCCCCCCC/C=C\CCCCCC(=O)OCC1OC(OC2C(OC(=O)CCCCCCCCCCCCCCC)C(O)C(O)C(OC3OC(CO)C(O)C(O)C3O)C2OP(=O)(O)OCC(COC(=O)CCCCCCCCCCCCCCCCCC)OC(=O)CCCCCCCCCCCCCCCCCC)C(O)C(O)C1O. The number of carbonyl (C=O) groups excluding carboxylic acids is 4. The molecule has 1 aliphatic carbocycles. The van der Waals surface area contributed by atoms with Crippen LogP contribution in [0.4, 0.5) is 0 Å². The third-order valence-electron chi connectivity index (χ3n) is 23.3. The van der Waals surface area contributed by atoms with Crippen LogP contribution in [-0.2, 0) is 70.7 Å². The third-order valence-corrected chi connectivity index (χ3v) is 24.3. The van der Waals surface area contributed by atoms with Gasteiger partial charge in [-0.15, -0.1) is 0 Å². The van der Waals surface area contributed by atoms with E-state index in [0.29, 0.717) is 38.5 Å². The van der Waals surface area contributed by atoms with Gasteiger partial charge in [-0.1, -0.05) is 348 Å². The molecule has 0 aromatic rings. The summed E-state index contributed by atoms with van der Waals surface area (Å²) in [6, 6.07) is 0. The third kappa shape index (κ3) is 50.7. The second kappa shape index (κ2) is 70.5. The highest BCUT2D eigenvalue weighted by Crippen LogP contribution is 2.49. The highest BCUT2D eigenvalue weighted by molar-refractivity contribution is 7.47. The fraction of sp³-hybridized carbons (Fsp3) is 0.934. The number of rotatable bonds is 77. The number of carbonyl (C=O) groups is 4. The van der Waals surface area contributed by atoms with E-state index in [4.69, 9.17) is 46.9 Å². The predicted octanol–water partition coefficient (Wildman–Crippen LogP) is 17.6. The summed E-state index contributed by atoms with van der Waals surface area (Å²) >= 11 is 0. The molecule has 3 fully saturated rings. The lowest BCUT2D eigenvalue weighted by molar-refractivity contribution is -0.360. The van der Waals surface area contributed by atoms with E-state index in [0.717, 1.165) is 122 Å². The summed E-state index contributed by atoms with van der Waals surface area (Å²) in [5.74, 6) is -2.96. The van der Waals surface area contributed by atoms with Gasteiger partial charge in [0.2, 0.25) is 0 Å². The number of ether oxygens (including phenoxy) is 8. The molecular weight excluding hydrogens is 1520 g/mol. The number of esters is 4. The number of unbranched alkanes of at least 4 members (excludes halogenated alkanes) is 51. The monoisotopic (exact) mass is 1690 g/mol. The summed E-state index contributed by atoms with van der Waals surface area (Å²) < 4.78 is 73.4. The number of allylic oxidation sites excluding steroid dienone is 2. The van der Waals surface area contributed by atoms with Crippen molar-refractivity contribution in [3.63, 3.8) is 0 Å². The van der Waals surface area contributed by atoms with Gasteiger partial charge in [0, 0.05) is 25.7 Å². The van der Waals surface area contributed by atoms with Crippen LogP contribution in [0.2, 0.25) is 0 Å². The van der Waals surface area contributed by atoms with Crippen LogP contribution < -0.4 is 0 Å². The Balaban J connectivity index is 1.91. The van der Waals surface area contributed by atoms with E-state index in [1.165, 1.54) is 199 Å². The lowest BCUT2D eigenvalue weighted by Crippen LogP contribution is -2.70. The van der Waals surface area contributed by atoms with Crippen LogP contribution in [0.5, 0.6) is 0 Å². The van der Waals surface area contributed by atoms with E-state index in [-0.39, 0.29) is 25.7 Å². The molecule has 0 aromatic heterocycles. The zero-order valence-electron chi connectivity index (χ0n) is 73.3. The molecule has 0 aromatic carbocycles. The van der Waals surface area contributed by atoms with Crippen LogP contribution in [0.1, 0.15) is 413 Å². The first-order valence-electron chi connectivity index (χ1n) is 47.4. The molecule has 0 bridgehead atoms. The van der Waals surface area contributed by atoms with Crippen LogP contribution >= 0.6 is 7.82 Å². The standard InChI is InChI=1S/C91H169O25P/c1-5-9-13-17-21-25-29-33-35-37-41-44-47-51-55-59-63-74(93)107-68-71(110-76(95)65-61-57-53-49-46-42-38-36-34-30-26-22-18-14-10-6-2)69-109-117(105,106)116-89-87(114-90-84(103)80(99)78(97)72(67-92)111-90)83(102)82(101)86(113-77(96)66-62-58-54-50-45-40-32-28-24-20-16-12-8-4)88(89)115-91-85(104)81(100)79(98)73(112-91)70-108-75(94)64-60-56-52-48-43-39-31-27-23-19-15-11-7-3/h39,43,71-73,78-92,97-104H,5-38,40-42,44-70H2,1-4H3,(H,105,106)/b43-39-. The van der Waals surface area contributed by atoms with Gasteiger partial charge in [0.15, 0.2) is 24.8 Å². The van der Waals surface area contributed by atoms with Gasteiger partial charge >= 0.3 is 31.7 Å². The first-order chi connectivity index (χ1) is 56.7. The molecule has 26 heteroatoms. The molecule has 0 radical (unpaired) electrons. The highest BCUT2D eigenvalue weighted by Gasteiger charge is 2.60. The van der Waals surface area contributed by atoms with Crippen LogP contribution in [0.25, 0.3) is 0 Å². The Labute approximate surface area is 705 Å². The average Bonchev–Trinajstić information content (AvgIpc) is 0.754. The lowest BCUT2D eigenvalue weighted by Gasteiger charge is -2.50. The van der Waals surface area contributed by atoms with E-state index in [1.807, 2.05) is 0 Å². The highest BCUT2D eigenvalue weighted by atomic mass is 31.2. The Bertz CT molecular complexity index is 2480. The van der Waals surface area contributed by atoms with Crippen molar-refractivity contribution in [2.45, 2.75) is 517 Å². The second-order valence-electron chi connectivity index (χ2n) is 33.9. The Hall–Kier alpha value is -2.79. The van der Waals surface area contributed by atoms with Gasteiger partial charge in [0.25, 0.3) is 0 Å². The van der Waals surface area contributed by atoms with Gasteiger partial charge in [0.05, 0.1) is 13.2 Å². The van der Waals surface area contributed by atoms with E-state index < -0.39 is 162 Å². The average molecular weight is 1690 g/mol. The van der Waals surface area contributed by atoms with Crippen LogP contribution in [0.3, 0.4) is 0 Å². The number of aliphatic hydroxyl groups is 9. The maximum absolute atomic E-state index is 14.9. The number of phosphoric ester groups is 1. The normalized spacial score (nSPS) is 25.0. The molecule has 2 aliphatic heterocycles. The van der Waals surface area contributed by atoms with Crippen LogP contribution in [-0.4, -0.2) is 205 Å². The van der Waals surface area contributed by atoms with Crippen molar-refractivity contribution in [2.75, 3.05) is 26.4 Å². The zero-order valence-corrected chi connectivity index (χ0v) is 74.2. The van der Waals surface area contributed by atoms with Gasteiger partial charge in [0.1, 0.15) is 92.6 Å². The van der Waals surface area contributed by atoms with Crippen molar-refractivity contribution in [1.29, 1.82) is 0 Å². The van der Waals surface area contributed by atoms with Crippen LogP contribution in [0.15, 0.2) is 12.2 Å². The molecule has 0 spiro atoms. The van der Waals surface area contributed by atoms with E-state index in [2.05, 4.69) is 39.8 Å². The van der Waals surface area contributed by atoms with Crippen molar-refractivity contribution in [3.8, 4) is 0 Å². The molecular formula is C91H169O25P. The molecule has 3 rings (SSSR count). The number of hydrogen-bond donors (Lipinski definition) is 10. The van der Waals surface area contributed by atoms with Crippen molar-refractivity contribution < 1.29 is 122 Å². The minimum absolute atomic E-state index is 0.00426. The Kier molecular flexibility index (Phi) is 65.3. The van der Waals surface area contributed by atoms with Crippen molar-refractivity contribution in [2.24, 2.45) is 0 Å². The van der Waals surface area contributed by atoms with Gasteiger partial charge in [-0.3, -0.25) is 28.2 Å². The molecule has 1 saturated carbocycles. The Morgan fingerprint density at radius 1 is 0.333 bits per heavy atom. The first kappa shape index (κ1) is 108. The van der Waals surface area contributed by atoms with Crippen LogP contribution in [0, 0.1) is 0 Å². The van der Waals surface area contributed by atoms with E-state index in [1.54, 1.807) is 0 Å². The molecule has 18 atom stereocenters. The minimum Gasteiger partial charge on any atom is -0.463 e. The molecule has 117 heavy (non-hydrogen) atoms. The summed E-state index contributed by atoms with van der Waals surface area (Å²) in [6.45, 7) is 5.60. The molecule has 3 aliphatic rings. The largest absolute Gasteiger partial charge is 0.472 e. The Morgan fingerprint density at radius 3 is 1.03 bits per heavy atom. The molecule has 688 valence electrons. The fourth-order valence-electron chi connectivity index (χ4n) is 15.7. The minimum atomic E-state index is -5.80. The van der Waals surface area contributed by atoms with Crippen molar-refractivity contribution in [1.82, 2.24) is 0 Å². The van der Waals surface area contributed by atoms with E-state index in [9.17, 15) is 74.6 Å². The summed E-state index contributed by atoms with van der Waals surface area (Å²) in [7, 11) is -5.80. The smallest absolute Gasteiger partial charge is 0.463 e.